The molecule has 2 N–H and O–H groups in total. The van der Waals surface area contributed by atoms with Crippen molar-refractivity contribution in [2.75, 3.05) is 18.4 Å². The van der Waals surface area contributed by atoms with Crippen LogP contribution < -0.4 is 10.6 Å². The molecule has 0 atom stereocenters. The molecule has 0 saturated carbocycles. The molecule has 4 rings (SSSR count). The standard InChI is InChI=1S/C24H27N3O/c28-23(9-3-8-22-15-14-21-7-4-16-25-24(21)27-22)26-17-18-10-12-19-5-1-2-6-20(19)13-11-18/h1-2,5-6,10,14-15H,3-4,7-9,11-12,16-17H2,(H,25,27)(H,26,28). The van der Waals surface area contributed by atoms with Gasteiger partial charge >= 0.3 is 0 Å². The van der Waals surface area contributed by atoms with Gasteiger partial charge in [0.25, 0.3) is 0 Å². The number of fused-ring (bicyclic) bond motifs is 2. The SMILES string of the molecule is O=C(CCCc1ccc2c(n1)NCCC2)NCC1=CCc2ccccc2[C]C1. The first kappa shape index (κ1) is 18.7. The van der Waals surface area contributed by atoms with Crippen molar-refractivity contribution in [2.45, 2.75) is 44.9 Å². The first-order valence-corrected chi connectivity index (χ1v) is 10.3. The van der Waals surface area contributed by atoms with E-state index in [1.807, 2.05) is 6.07 Å². The van der Waals surface area contributed by atoms with Gasteiger partial charge in [-0.3, -0.25) is 4.79 Å². The molecule has 0 unspecified atom stereocenters. The molecule has 2 aliphatic rings. The summed E-state index contributed by atoms with van der Waals surface area (Å²) in [5.41, 5.74) is 6.09. The van der Waals surface area contributed by atoms with Gasteiger partial charge in [-0.15, -0.1) is 0 Å². The van der Waals surface area contributed by atoms with Gasteiger partial charge in [0.05, 0.1) is 0 Å². The number of carbonyl (C=O) groups is 1. The fourth-order valence-electron chi connectivity index (χ4n) is 3.78. The number of pyridine rings is 1. The van der Waals surface area contributed by atoms with Gasteiger partial charge in [0.2, 0.25) is 5.91 Å². The van der Waals surface area contributed by atoms with Crippen molar-refractivity contribution < 1.29 is 4.79 Å². The summed E-state index contributed by atoms with van der Waals surface area (Å²) in [5, 5.41) is 6.43. The van der Waals surface area contributed by atoms with E-state index >= 15 is 0 Å². The van der Waals surface area contributed by atoms with Crippen LogP contribution in [0.25, 0.3) is 0 Å². The molecule has 0 fully saturated rings. The molecule has 1 aromatic heterocycles. The van der Waals surface area contributed by atoms with Crippen LogP contribution in [0.2, 0.25) is 0 Å². The molecule has 0 bridgehead atoms. The first-order valence-electron chi connectivity index (χ1n) is 10.3. The van der Waals surface area contributed by atoms with Crippen molar-refractivity contribution in [2.24, 2.45) is 0 Å². The summed E-state index contributed by atoms with van der Waals surface area (Å²) in [5.74, 6) is 1.14. The van der Waals surface area contributed by atoms with E-state index in [9.17, 15) is 4.79 Å². The predicted octanol–water partition coefficient (Wildman–Crippen LogP) is 3.88. The number of hydrogen-bond donors (Lipinski definition) is 2. The molecule has 4 nitrogen and oxygen atoms in total. The molecule has 2 radical (unpaired) electrons. The van der Waals surface area contributed by atoms with Crippen LogP contribution >= 0.6 is 0 Å². The minimum atomic E-state index is 0.110. The van der Waals surface area contributed by atoms with Crippen LogP contribution in [0.1, 0.15) is 48.1 Å². The first-order chi connectivity index (χ1) is 13.8. The highest BCUT2D eigenvalue weighted by Crippen LogP contribution is 2.22. The Kier molecular flexibility index (Phi) is 6.05. The number of nitrogens with one attached hydrogen (secondary N) is 2. The van der Waals surface area contributed by atoms with Gasteiger partial charge in [0, 0.05) is 31.6 Å². The number of anilines is 1. The van der Waals surface area contributed by atoms with E-state index in [1.165, 1.54) is 28.7 Å². The Bertz CT molecular complexity index is 872. The molecular formula is C24H27N3O. The Morgan fingerprint density at radius 1 is 1.18 bits per heavy atom. The van der Waals surface area contributed by atoms with Crippen LogP contribution in [0.5, 0.6) is 0 Å². The Morgan fingerprint density at radius 2 is 2.11 bits per heavy atom. The Labute approximate surface area is 167 Å². The maximum Gasteiger partial charge on any atom is 0.220 e. The number of carbonyl (C=O) groups excluding carboxylic acids is 1. The summed E-state index contributed by atoms with van der Waals surface area (Å²) in [7, 11) is 0. The van der Waals surface area contributed by atoms with Crippen LogP contribution in [0, 0.1) is 6.42 Å². The summed E-state index contributed by atoms with van der Waals surface area (Å²) in [6.45, 7) is 1.61. The average molecular weight is 374 g/mol. The van der Waals surface area contributed by atoms with Crippen molar-refractivity contribution in [3.63, 3.8) is 0 Å². The lowest BCUT2D eigenvalue weighted by molar-refractivity contribution is -0.121. The van der Waals surface area contributed by atoms with Gasteiger partial charge in [-0.25, -0.2) is 4.98 Å². The Morgan fingerprint density at radius 3 is 3.07 bits per heavy atom. The number of nitrogens with zero attached hydrogens (tertiary/aromatic N) is 1. The molecule has 0 saturated heterocycles. The monoisotopic (exact) mass is 373 g/mol. The van der Waals surface area contributed by atoms with E-state index in [0.29, 0.717) is 13.0 Å². The van der Waals surface area contributed by atoms with E-state index in [4.69, 9.17) is 4.98 Å². The Hall–Kier alpha value is -2.62. The van der Waals surface area contributed by atoms with Gasteiger partial charge in [0.1, 0.15) is 5.82 Å². The lowest BCUT2D eigenvalue weighted by Crippen LogP contribution is -2.25. The second-order valence-electron chi connectivity index (χ2n) is 7.55. The number of rotatable bonds is 6. The number of benzene rings is 1. The summed E-state index contributed by atoms with van der Waals surface area (Å²) in [4.78, 5) is 16.9. The lowest BCUT2D eigenvalue weighted by atomic mass is 10.0. The molecule has 0 spiro atoms. The molecule has 2 aromatic rings. The minimum absolute atomic E-state index is 0.110. The molecule has 144 valence electrons. The zero-order chi connectivity index (χ0) is 19.2. The van der Waals surface area contributed by atoms with Gasteiger partial charge in [-0.05, 0) is 61.3 Å². The molecular weight excluding hydrogens is 346 g/mol. The average Bonchev–Trinajstić information content (AvgIpc) is 2.95. The van der Waals surface area contributed by atoms with Gasteiger partial charge < -0.3 is 10.6 Å². The maximum atomic E-state index is 12.2. The topological polar surface area (TPSA) is 54.0 Å². The predicted molar refractivity (Wildman–Crippen MR) is 112 cm³/mol. The number of allylic oxidation sites excluding steroid dienone is 1. The van der Waals surface area contributed by atoms with Crippen molar-refractivity contribution in [1.82, 2.24) is 10.3 Å². The van der Waals surface area contributed by atoms with Crippen molar-refractivity contribution in [3.8, 4) is 0 Å². The number of aryl methyl sites for hydroxylation is 2. The van der Waals surface area contributed by atoms with Crippen LogP contribution in [0.4, 0.5) is 5.82 Å². The van der Waals surface area contributed by atoms with E-state index in [-0.39, 0.29) is 5.91 Å². The second-order valence-corrected chi connectivity index (χ2v) is 7.55. The fourth-order valence-corrected chi connectivity index (χ4v) is 3.78. The molecule has 2 heterocycles. The number of hydrogen-bond acceptors (Lipinski definition) is 3. The van der Waals surface area contributed by atoms with E-state index < -0.39 is 0 Å². The van der Waals surface area contributed by atoms with E-state index in [0.717, 1.165) is 50.2 Å². The molecule has 1 aromatic carbocycles. The summed E-state index contributed by atoms with van der Waals surface area (Å²) < 4.78 is 0. The smallest absolute Gasteiger partial charge is 0.220 e. The van der Waals surface area contributed by atoms with Crippen molar-refractivity contribution in [1.29, 1.82) is 0 Å². The third-order valence-corrected chi connectivity index (χ3v) is 5.44. The third-order valence-electron chi connectivity index (χ3n) is 5.44. The molecule has 1 aliphatic carbocycles. The highest BCUT2D eigenvalue weighted by atomic mass is 16.1. The molecule has 28 heavy (non-hydrogen) atoms. The normalized spacial score (nSPS) is 15.5. The van der Waals surface area contributed by atoms with Crippen LogP contribution in [0.15, 0.2) is 48.0 Å². The molecule has 1 aliphatic heterocycles. The van der Waals surface area contributed by atoms with E-state index in [1.54, 1.807) is 0 Å². The van der Waals surface area contributed by atoms with Gasteiger partial charge in [-0.1, -0.05) is 42.0 Å². The van der Waals surface area contributed by atoms with Gasteiger partial charge in [-0.2, -0.15) is 0 Å². The fraction of sp³-hybridized carbons (Fsp3) is 0.375. The highest BCUT2D eigenvalue weighted by Gasteiger charge is 2.12. The Balaban J connectivity index is 1.20. The highest BCUT2D eigenvalue weighted by molar-refractivity contribution is 5.76. The largest absolute Gasteiger partial charge is 0.370 e. The third kappa shape index (κ3) is 4.80. The van der Waals surface area contributed by atoms with Crippen molar-refractivity contribution in [3.05, 3.63) is 76.9 Å². The van der Waals surface area contributed by atoms with Crippen molar-refractivity contribution >= 4 is 11.7 Å². The second kappa shape index (κ2) is 9.05. The zero-order valence-electron chi connectivity index (χ0n) is 16.3. The number of amides is 1. The maximum absolute atomic E-state index is 12.2. The molecule has 4 heteroatoms. The molecule has 1 amide bonds. The minimum Gasteiger partial charge on any atom is -0.370 e. The zero-order valence-corrected chi connectivity index (χ0v) is 16.3. The van der Waals surface area contributed by atoms with Crippen LogP contribution in [-0.4, -0.2) is 24.0 Å². The van der Waals surface area contributed by atoms with Gasteiger partial charge in [0.15, 0.2) is 0 Å². The van der Waals surface area contributed by atoms with Crippen LogP contribution in [-0.2, 0) is 24.1 Å². The lowest BCUT2D eigenvalue weighted by Gasteiger charge is -2.17. The summed E-state index contributed by atoms with van der Waals surface area (Å²) >= 11 is 0. The van der Waals surface area contributed by atoms with Crippen LogP contribution in [0.3, 0.4) is 0 Å². The van der Waals surface area contributed by atoms with E-state index in [2.05, 4.69) is 53.5 Å². The summed E-state index contributed by atoms with van der Waals surface area (Å²) in [6, 6.07) is 12.6. The number of aromatic nitrogens is 1. The quantitative estimate of drug-likeness (QED) is 0.756. The summed E-state index contributed by atoms with van der Waals surface area (Å²) in [6.07, 6.45) is 11.8.